The van der Waals surface area contributed by atoms with Crippen LogP contribution >= 0.6 is 39.3 Å². The molecule has 0 fully saturated rings. The first kappa shape index (κ1) is 13.4. The fraction of sp³-hybridized carbons (Fsp3) is 0.333. The molecule has 0 bridgehead atoms. The van der Waals surface area contributed by atoms with E-state index in [1.807, 2.05) is 24.3 Å². The Hall–Kier alpha value is 0.290. The Morgan fingerprint density at radius 1 is 1.40 bits per heavy atom. The van der Waals surface area contributed by atoms with Gasteiger partial charge in [-0.15, -0.1) is 23.4 Å². The second kappa shape index (κ2) is 5.57. The summed E-state index contributed by atoms with van der Waals surface area (Å²) in [4.78, 5) is 1.01. The monoisotopic (exact) mass is 328 g/mol. The number of hydrogen-bond acceptors (Lipinski definition) is 3. The molecule has 0 spiro atoms. The lowest BCUT2D eigenvalue weighted by molar-refractivity contribution is 0.600. The maximum atomic E-state index is 11.1. The molecule has 1 aromatic carbocycles. The summed E-state index contributed by atoms with van der Waals surface area (Å²) in [5, 5.41) is 0. The minimum atomic E-state index is -3.15. The molecule has 84 valence electrons. The minimum absolute atomic E-state index is 0.363. The van der Waals surface area contributed by atoms with Crippen molar-refractivity contribution < 1.29 is 8.42 Å². The molecule has 15 heavy (non-hydrogen) atoms. The summed E-state index contributed by atoms with van der Waals surface area (Å²) in [6, 6.07) is 7.65. The predicted octanol–water partition coefficient (Wildman–Crippen LogP) is 3.15. The van der Waals surface area contributed by atoms with Gasteiger partial charge < -0.3 is 0 Å². The Kier molecular flexibility index (Phi) is 4.96. The van der Waals surface area contributed by atoms with E-state index in [-0.39, 0.29) is 0 Å². The summed E-state index contributed by atoms with van der Waals surface area (Å²) < 4.78 is 22.3. The van der Waals surface area contributed by atoms with E-state index in [0.717, 1.165) is 15.6 Å². The molecule has 1 aromatic rings. The highest BCUT2D eigenvalue weighted by Crippen LogP contribution is 2.23. The van der Waals surface area contributed by atoms with Crippen LogP contribution in [-0.4, -0.2) is 25.1 Å². The van der Waals surface area contributed by atoms with Crippen molar-refractivity contribution in [3.8, 4) is 0 Å². The second-order valence-electron chi connectivity index (χ2n) is 3.00. The second-order valence-corrected chi connectivity index (χ2v) is 8.03. The van der Waals surface area contributed by atoms with Gasteiger partial charge in [0.2, 0.25) is 0 Å². The maximum absolute atomic E-state index is 11.1. The Labute approximate surface area is 107 Å². The van der Waals surface area contributed by atoms with E-state index in [0.29, 0.717) is 5.75 Å². The zero-order chi connectivity index (χ0) is 11.5. The largest absolute Gasteiger partial charge is 0.228 e. The third-order valence-corrected chi connectivity index (χ3v) is 5.91. The van der Waals surface area contributed by atoms with Gasteiger partial charge in [-0.3, -0.25) is 0 Å². The lowest BCUT2D eigenvalue weighted by Crippen LogP contribution is -2.15. The fourth-order valence-corrected chi connectivity index (χ4v) is 3.11. The van der Waals surface area contributed by atoms with Crippen LogP contribution in [0.15, 0.2) is 33.6 Å². The van der Waals surface area contributed by atoms with E-state index in [1.54, 1.807) is 0 Å². The zero-order valence-electron chi connectivity index (χ0n) is 7.98. The summed E-state index contributed by atoms with van der Waals surface area (Å²) >= 11 is 10.5. The highest BCUT2D eigenvalue weighted by atomic mass is 79.9. The number of rotatable bonds is 4. The van der Waals surface area contributed by atoms with Crippen molar-refractivity contribution in [3.05, 3.63) is 28.7 Å². The summed E-state index contributed by atoms with van der Waals surface area (Å²) in [5.74, 6) is 0.363. The van der Waals surface area contributed by atoms with Gasteiger partial charge >= 0.3 is 0 Å². The standard InChI is InChI=1S/C9H10BrClO2S2/c1-15(12,13)9(11)6-14-8-4-2-7(10)3-5-8/h2-5,9H,6H2,1H3. The topological polar surface area (TPSA) is 34.1 Å². The third kappa shape index (κ3) is 4.76. The molecule has 0 aromatic heterocycles. The lowest BCUT2D eigenvalue weighted by Gasteiger charge is -2.06. The van der Waals surface area contributed by atoms with Crippen LogP contribution in [0.25, 0.3) is 0 Å². The minimum Gasteiger partial charge on any atom is -0.228 e. The molecular formula is C9H10BrClO2S2. The predicted molar refractivity (Wildman–Crippen MR) is 69.4 cm³/mol. The molecular weight excluding hydrogens is 320 g/mol. The number of sulfone groups is 1. The van der Waals surface area contributed by atoms with E-state index < -0.39 is 14.5 Å². The molecule has 0 amide bonds. The summed E-state index contributed by atoms with van der Waals surface area (Å²) in [5.41, 5.74) is 0. The average Bonchev–Trinajstić information content (AvgIpc) is 2.15. The first-order valence-electron chi connectivity index (χ1n) is 4.11. The van der Waals surface area contributed by atoms with Crippen molar-refractivity contribution in [1.29, 1.82) is 0 Å². The molecule has 6 heteroatoms. The molecule has 0 aliphatic heterocycles. The van der Waals surface area contributed by atoms with Crippen molar-refractivity contribution in [2.75, 3.05) is 12.0 Å². The van der Waals surface area contributed by atoms with E-state index in [1.165, 1.54) is 11.8 Å². The number of thioether (sulfide) groups is 1. The first-order valence-corrected chi connectivity index (χ1v) is 8.28. The molecule has 0 aliphatic carbocycles. The van der Waals surface area contributed by atoms with Crippen LogP contribution in [0.4, 0.5) is 0 Å². The third-order valence-electron chi connectivity index (χ3n) is 1.66. The average molecular weight is 330 g/mol. The first-order chi connectivity index (χ1) is 6.89. The summed E-state index contributed by atoms with van der Waals surface area (Å²) in [6.45, 7) is 0. The Balaban J connectivity index is 2.55. The van der Waals surface area contributed by atoms with Crippen molar-refractivity contribution >= 4 is 49.1 Å². The van der Waals surface area contributed by atoms with Crippen molar-refractivity contribution in [2.45, 2.75) is 9.60 Å². The maximum Gasteiger partial charge on any atom is 0.165 e. The zero-order valence-corrected chi connectivity index (χ0v) is 12.0. The highest BCUT2D eigenvalue weighted by molar-refractivity contribution is 9.10. The van der Waals surface area contributed by atoms with Crippen LogP contribution < -0.4 is 0 Å². The van der Waals surface area contributed by atoms with Crippen LogP contribution in [0.5, 0.6) is 0 Å². The van der Waals surface area contributed by atoms with Crippen LogP contribution in [0.1, 0.15) is 0 Å². The quantitative estimate of drug-likeness (QED) is 0.628. The smallest absolute Gasteiger partial charge is 0.165 e. The summed E-state index contributed by atoms with van der Waals surface area (Å²) in [6.07, 6.45) is 1.15. The Morgan fingerprint density at radius 2 is 1.93 bits per heavy atom. The van der Waals surface area contributed by atoms with Crippen molar-refractivity contribution in [2.24, 2.45) is 0 Å². The van der Waals surface area contributed by atoms with E-state index in [9.17, 15) is 8.42 Å². The normalized spacial score (nSPS) is 13.8. The van der Waals surface area contributed by atoms with Crippen molar-refractivity contribution in [3.63, 3.8) is 0 Å². The number of benzene rings is 1. The van der Waals surface area contributed by atoms with Gasteiger partial charge in [0.15, 0.2) is 9.84 Å². The number of hydrogen-bond donors (Lipinski definition) is 0. The van der Waals surface area contributed by atoms with Gasteiger partial charge in [0.05, 0.1) is 0 Å². The Morgan fingerprint density at radius 3 is 2.40 bits per heavy atom. The molecule has 0 heterocycles. The van der Waals surface area contributed by atoms with Gasteiger partial charge in [0.25, 0.3) is 0 Å². The molecule has 0 N–H and O–H groups in total. The number of alkyl halides is 1. The van der Waals surface area contributed by atoms with Gasteiger partial charge in [-0.25, -0.2) is 8.42 Å². The van der Waals surface area contributed by atoms with E-state index >= 15 is 0 Å². The van der Waals surface area contributed by atoms with E-state index in [2.05, 4.69) is 15.9 Å². The summed E-state index contributed by atoms with van der Waals surface area (Å²) in [7, 11) is -3.15. The molecule has 1 atom stereocenters. The molecule has 0 aliphatic rings. The van der Waals surface area contributed by atoms with Crippen LogP contribution in [-0.2, 0) is 9.84 Å². The number of halogens is 2. The van der Waals surface area contributed by atoms with Gasteiger partial charge in [-0.2, -0.15) is 0 Å². The molecule has 1 unspecified atom stereocenters. The van der Waals surface area contributed by atoms with Crippen LogP contribution in [0, 0.1) is 0 Å². The Bertz CT molecular complexity index is 416. The SMILES string of the molecule is CS(=O)(=O)C(Cl)CSc1ccc(Br)cc1. The van der Waals surface area contributed by atoms with Crippen LogP contribution in [0.2, 0.25) is 0 Å². The van der Waals surface area contributed by atoms with Gasteiger partial charge in [0, 0.05) is 21.4 Å². The highest BCUT2D eigenvalue weighted by Gasteiger charge is 2.17. The fourth-order valence-electron chi connectivity index (χ4n) is 0.816. The van der Waals surface area contributed by atoms with Gasteiger partial charge in [0.1, 0.15) is 4.71 Å². The molecule has 0 radical (unpaired) electrons. The molecule has 0 saturated heterocycles. The van der Waals surface area contributed by atoms with E-state index in [4.69, 9.17) is 11.6 Å². The molecule has 1 rings (SSSR count). The van der Waals surface area contributed by atoms with Gasteiger partial charge in [-0.1, -0.05) is 15.9 Å². The van der Waals surface area contributed by atoms with Gasteiger partial charge in [-0.05, 0) is 24.3 Å². The molecule has 2 nitrogen and oxygen atoms in total. The molecule has 0 saturated carbocycles. The van der Waals surface area contributed by atoms with Crippen LogP contribution in [0.3, 0.4) is 0 Å². The lowest BCUT2D eigenvalue weighted by atomic mass is 10.4. The van der Waals surface area contributed by atoms with Crippen molar-refractivity contribution in [1.82, 2.24) is 0 Å².